The lowest BCUT2D eigenvalue weighted by molar-refractivity contribution is -0.141. The lowest BCUT2D eigenvalue weighted by Crippen LogP contribution is -2.36. The van der Waals surface area contributed by atoms with E-state index in [0.717, 1.165) is 8.78 Å². The van der Waals surface area contributed by atoms with Gasteiger partial charge in [0.2, 0.25) is 0 Å². The Kier molecular flexibility index (Phi) is 6.44. The summed E-state index contributed by atoms with van der Waals surface area (Å²) in [7, 11) is -2.45. The van der Waals surface area contributed by atoms with E-state index in [9.17, 15) is 13.2 Å². The quantitative estimate of drug-likeness (QED) is 0.634. The molecule has 2 rings (SSSR count). The molecule has 0 heterocycles. The molecule has 8 heteroatoms. The first kappa shape index (κ1) is 19.3. The molecule has 0 atom stereocenters. The third-order valence-corrected chi connectivity index (χ3v) is 5.66. The van der Waals surface area contributed by atoms with Crippen LogP contribution in [-0.2, 0) is 19.6 Å². The highest BCUT2D eigenvalue weighted by Gasteiger charge is 2.27. The fourth-order valence-corrected chi connectivity index (χ4v) is 3.79. The van der Waals surface area contributed by atoms with Crippen LogP contribution in [0.3, 0.4) is 0 Å². The predicted octanol–water partition coefficient (Wildman–Crippen LogP) is 3.22. The molecule has 0 bridgehead atoms. The molecule has 0 aliphatic rings. The molecule has 0 fully saturated rings. The van der Waals surface area contributed by atoms with Gasteiger partial charge in [-0.1, -0.05) is 15.9 Å². The summed E-state index contributed by atoms with van der Waals surface area (Å²) >= 11 is 3.31. The van der Waals surface area contributed by atoms with Crippen molar-refractivity contribution in [2.24, 2.45) is 0 Å². The molecule has 2 aromatic rings. The van der Waals surface area contributed by atoms with Crippen molar-refractivity contribution in [2.75, 3.05) is 24.6 Å². The normalized spacial score (nSPS) is 11.0. The average Bonchev–Trinajstić information content (AvgIpc) is 2.61. The van der Waals surface area contributed by atoms with Crippen molar-refractivity contribution in [3.05, 3.63) is 53.0 Å². The smallest absolute Gasteiger partial charge is 0.326 e. The van der Waals surface area contributed by atoms with Crippen LogP contribution in [0.2, 0.25) is 0 Å². The van der Waals surface area contributed by atoms with Crippen molar-refractivity contribution >= 4 is 37.6 Å². The van der Waals surface area contributed by atoms with E-state index in [2.05, 4.69) is 15.9 Å². The highest BCUT2D eigenvalue weighted by molar-refractivity contribution is 9.10. The van der Waals surface area contributed by atoms with Gasteiger partial charge in [0, 0.05) is 4.47 Å². The summed E-state index contributed by atoms with van der Waals surface area (Å²) < 4.78 is 37.8. The number of anilines is 1. The fraction of sp³-hybridized carbons (Fsp3) is 0.235. The first-order valence-electron chi connectivity index (χ1n) is 7.46. The molecule has 134 valence electrons. The zero-order chi connectivity index (χ0) is 18.4. The van der Waals surface area contributed by atoms with Crippen molar-refractivity contribution in [3.63, 3.8) is 0 Å². The van der Waals surface area contributed by atoms with E-state index in [-0.39, 0.29) is 11.5 Å². The minimum absolute atomic E-state index is 0.0560. The third kappa shape index (κ3) is 4.73. The van der Waals surface area contributed by atoms with Gasteiger partial charge >= 0.3 is 5.97 Å². The van der Waals surface area contributed by atoms with Crippen molar-refractivity contribution < 1.29 is 22.7 Å². The van der Waals surface area contributed by atoms with Gasteiger partial charge in [-0.15, -0.1) is 0 Å². The third-order valence-electron chi connectivity index (χ3n) is 3.34. The van der Waals surface area contributed by atoms with Gasteiger partial charge in [-0.25, -0.2) is 8.42 Å². The predicted molar refractivity (Wildman–Crippen MR) is 98.3 cm³/mol. The molecule has 0 amide bonds. The van der Waals surface area contributed by atoms with Gasteiger partial charge in [0.15, 0.2) is 0 Å². The van der Waals surface area contributed by atoms with E-state index in [1.807, 2.05) is 0 Å². The van der Waals surface area contributed by atoms with Gasteiger partial charge in [0.05, 0.1) is 24.3 Å². The summed E-state index contributed by atoms with van der Waals surface area (Å²) in [6, 6.07) is 12.6. The highest BCUT2D eigenvalue weighted by Crippen LogP contribution is 2.26. The van der Waals surface area contributed by atoms with E-state index in [1.54, 1.807) is 43.3 Å². The lowest BCUT2D eigenvalue weighted by Gasteiger charge is -2.23. The molecule has 0 N–H and O–H groups in total. The van der Waals surface area contributed by atoms with Crippen LogP contribution in [0.1, 0.15) is 6.92 Å². The van der Waals surface area contributed by atoms with E-state index in [0.29, 0.717) is 11.4 Å². The van der Waals surface area contributed by atoms with Gasteiger partial charge in [-0.05, 0) is 55.5 Å². The summed E-state index contributed by atoms with van der Waals surface area (Å²) in [6.45, 7) is 1.43. The summed E-state index contributed by atoms with van der Waals surface area (Å²) in [5.41, 5.74) is 0.368. The number of benzene rings is 2. The Bertz CT molecular complexity index is 819. The number of esters is 1. The van der Waals surface area contributed by atoms with Crippen LogP contribution < -0.4 is 9.04 Å². The Morgan fingerprint density at radius 1 is 1.08 bits per heavy atom. The molecule has 0 spiro atoms. The fourth-order valence-electron chi connectivity index (χ4n) is 2.12. The maximum atomic E-state index is 13.0. The summed E-state index contributed by atoms with van der Waals surface area (Å²) in [5, 5.41) is 0. The number of nitrogens with zero attached hydrogens (tertiary/aromatic N) is 1. The number of carbonyl (C=O) groups is 1. The molecule has 25 heavy (non-hydrogen) atoms. The Labute approximate surface area is 155 Å². The van der Waals surface area contributed by atoms with Gasteiger partial charge < -0.3 is 9.47 Å². The molecule has 0 unspecified atom stereocenters. The average molecular weight is 428 g/mol. The molecule has 0 aromatic heterocycles. The highest BCUT2D eigenvalue weighted by atomic mass is 79.9. The number of hydrogen-bond donors (Lipinski definition) is 0. The standard InChI is InChI=1S/C17H18BrNO5S/c1-3-24-17(20)12-19(14-6-4-13(18)5-7-14)25(21,22)16-10-8-15(23-2)9-11-16/h4-11H,3,12H2,1-2H3. The lowest BCUT2D eigenvalue weighted by atomic mass is 10.3. The second-order valence-corrected chi connectivity index (χ2v) is 7.75. The van der Waals surface area contributed by atoms with E-state index < -0.39 is 22.5 Å². The van der Waals surface area contributed by atoms with Crippen molar-refractivity contribution in [3.8, 4) is 5.75 Å². The van der Waals surface area contributed by atoms with E-state index >= 15 is 0 Å². The van der Waals surface area contributed by atoms with E-state index in [1.165, 1.54) is 19.2 Å². The van der Waals surface area contributed by atoms with Crippen LogP contribution in [0.15, 0.2) is 57.9 Å². The second kappa shape index (κ2) is 8.35. The first-order valence-corrected chi connectivity index (χ1v) is 9.69. The largest absolute Gasteiger partial charge is 0.497 e. The minimum atomic E-state index is -3.94. The molecular formula is C17H18BrNO5S. The number of ether oxygens (including phenoxy) is 2. The molecule has 0 saturated carbocycles. The van der Waals surface area contributed by atoms with Gasteiger partial charge in [0.25, 0.3) is 10.0 Å². The Balaban J connectivity index is 2.44. The topological polar surface area (TPSA) is 72.9 Å². The summed E-state index contributed by atoms with van der Waals surface area (Å²) in [4.78, 5) is 12.0. The zero-order valence-corrected chi connectivity index (χ0v) is 16.2. The van der Waals surface area contributed by atoms with Crippen LogP contribution >= 0.6 is 15.9 Å². The minimum Gasteiger partial charge on any atom is -0.497 e. The molecule has 2 aromatic carbocycles. The van der Waals surface area contributed by atoms with Crippen molar-refractivity contribution in [1.29, 1.82) is 0 Å². The number of methoxy groups -OCH3 is 1. The van der Waals surface area contributed by atoms with Gasteiger partial charge in [-0.2, -0.15) is 0 Å². The number of sulfonamides is 1. The maximum absolute atomic E-state index is 13.0. The van der Waals surface area contributed by atoms with Gasteiger partial charge in [0.1, 0.15) is 12.3 Å². The Hall–Kier alpha value is -2.06. The molecular weight excluding hydrogens is 410 g/mol. The van der Waals surface area contributed by atoms with Crippen molar-refractivity contribution in [1.82, 2.24) is 0 Å². The Morgan fingerprint density at radius 3 is 2.20 bits per heavy atom. The zero-order valence-electron chi connectivity index (χ0n) is 13.8. The molecule has 6 nitrogen and oxygen atoms in total. The van der Waals surface area contributed by atoms with Gasteiger partial charge in [-0.3, -0.25) is 9.10 Å². The van der Waals surface area contributed by atoms with Crippen LogP contribution in [0.25, 0.3) is 0 Å². The number of carbonyl (C=O) groups excluding carboxylic acids is 1. The van der Waals surface area contributed by atoms with Crippen LogP contribution in [-0.4, -0.2) is 34.6 Å². The van der Waals surface area contributed by atoms with E-state index in [4.69, 9.17) is 9.47 Å². The monoisotopic (exact) mass is 427 g/mol. The molecule has 0 aliphatic carbocycles. The Morgan fingerprint density at radius 2 is 1.68 bits per heavy atom. The summed E-state index contributed by atoms with van der Waals surface area (Å²) in [6.07, 6.45) is 0. The van der Waals surface area contributed by atoms with Crippen LogP contribution in [0, 0.1) is 0 Å². The maximum Gasteiger partial charge on any atom is 0.326 e. The second-order valence-electron chi connectivity index (χ2n) is 4.97. The SMILES string of the molecule is CCOC(=O)CN(c1ccc(Br)cc1)S(=O)(=O)c1ccc(OC)cc1. The first-order chi connectivity index (χ1) is 11.9. The number of rotatable bonds is 7. The summed E-state index contributed by atoms with van der Waals surface area (Å²) in [5.74, 6) is -0.0814. The van der Waals surface area contributed by atoms with Crippen LogP contribution in [0.4, 0.5) is 5.69 Å². The molecule has 0 aliphatic heterocycles. The number of hydrogen-bond acceptors (Lipinski definition) is 5. The number of halogens is 1. The van der Waals surface area contributed by atoms with Crippen LogP contribution in [0.5, 0.6) is 5.75 Å². The van der Waals surface area contributed by atoms with Crippen molar-refractivity contribution in [2.45, 2.75) is 11.8 Å². The molecule has 0 radical (unpaired) electrons. The molecule has 0 saturated heterocycles.